The molecule has 0 spiro atoms. The minimum atomic E-state index is -0.686. The zero-order valence-electron chi connectivity index (χ0n) is 13.0. The van der Waals surface area contributed by atoms with Gasteiger partial charge in [0.2, 0.25) is 5.91 Å². The summed E-state index contributed by atoms with van der Waals surface area (Å²) in [5.41, 5.74) is 1.94. The van der Waals surface area contributed by atoms with Crippen molar-refractivity contribution >= 4 is 16.8 Å². The highest BCUT2D eigenvalue weighted by Crippen LogP contribution is 2.25. The smallest absolute Gasteiger partial charge is 0.223 e. The number of aliphatic hydroxyl groups is 1. The van der Waals surface area contributed by atoms with Crippen LogP contribution >= 0.6 is 0 Å². The van der Waals surface area contributed by atoms with E-state index in [0.717, 1.165) is 29.3 Å². The highest BCUT2D eigenvalue weighted by Gasteiger charge is 2.18. The van der Waals surface area contributed by atoms with E-state index >= 15 is 0 Å². The molecule has 1 unspecified atom stereocenters. The molecule has 0 bridgehead atoms. The lowest BCUT2D eigenvalue weighted by molar-refractivity contribution is -0.125. The maximum atomic E-state index is 12.0. The Bertz CT molecular complexity index is 614. The van der Waals surface area contributed by atoms with Crippen molar-refractivity contribution in [1.29, 1.82) is 0 Å². The van der Waals surface area contributed by atoms with Gasteiger partial charge in [0.05, 0.1) is 6.10 Å². The lowest BCUT2D eigenvalue weighted by Gasteiger charge is -2.15. The number of carbonyl (C=O) groups excluding carboxylic acids is 1. The second-order valence-electron chi connectivity index (χ2n) is 5.49. The van der Waals surface area contributed by atoms with E-state index in [1.165, 1.54) is 0 Å². The summed E-state index contributed by atoms with van der Waals surface area (Å²) in [7, 11) is 1.96. The summed E-state index contributed by atoms with van der Waals surface area (Å²) in [4.78, 5) is 12.0. The quantitative estimate of drug-likeness (QED) is 0.858. The van der Waals surface area contributed by atoms with Crippen LogP contribution in [0.4, 0.5) is 0 Å². The van der Waals surface area contributed by atoms with E-state index in [1.54, 1.807) is 0 Å². The Hall–Kier alpha value is -1.81. The highest BCUT2D eigenvalue weighted by atomic mass is 16.3. The predicted octanol–water partition coefficient (Wildman–Crippen LogP) is 2.76. The molecule has 0 aliphatic rings. The van der Waals surface area contributed by atoms with Crippen LogP contribution in [-0.4, -0.2) is 22.1 Å². The minimum Gasteiger partial charge on any atom is -0.386 e. The van der Waals surface area contributed by atoms with Gasteiger partial charge in [-0.05, 0) is 18.9 Å². The van der Waals surface area contributed by atoms with Gasteiger partial charge >= 0.3 is 0 Å². The lowest BCUT2D eigenvalue weighted by Crippen LogP contribution is -2.33. The number of hydrogen-bond donors (Lipinski definition) is 2. The third kappa shape index (κ3) is 3.27. The molecule has 0 aliphatic heterocycles. The van der Waals surface area contributed by atoms with Gasteiger partial charge in [-0.1, -0.05) is 32.0 Å². The first-order valence-electron chi connectivity index (χ1n) is 7.58. The fourth-order valence-corrected chi connectivity index (χ4v) is 2.75. The van der Waals surface area contributed by atoms with Crippen LogP contribution in [0.3, 0.4) is 0 Å². The second-order valence-corrected chi connectivity index (χ2v) is 5.49. The summed E-state index contributed by atoms with van der Waals surface area (Å²) in [5.74, 6) is 0.0593. The molecule has 0 aliphatic carbocycles. The molecule has 1 amide bonds. The van der Waals surface area contributed by atoms with Crippen molar-refractivity contribution in [2.24, 2.45) is 13.0 Å². The fourth-order valence-electron chi connectivity index (χ4n) is 2.75. The molecule has 2 aromatic rings. The summed E-state index contributed by atoms with van der Waals surface area (Å²) in [6.45, 7) is 4.27. The van der Waals surface area contributed by atoms with Crippen molar-refractivity contribution in [3.05, 3.63) is 36.0 Å². The molecule has 21 heavy (non-hydrogen) atoms. The van der Waals surface area contributed by atoms with E-state index in [4.69, 9.17) is 0 Å². The molecule has 4 heteroatoms. The summed E-state index contributed by atoms with van der Waals surface area (Å²) < 4.78 is 2.00. The molecule has 2 N–H and O–H groups in total. The van der Waals surface area contributed by atoms with Gasteiger partial charge in [-0.2, -0.15) is 0 Å². The van der Waals surface area contributed by atoms with Gasteiger partial charge in [-0.25, -0.2) is 0 Å². The molecule has 0 saturated heterocycles. The second kappa shape index (κ2) is 6.76. The van der Waals surface area contributed by atoms with Gasteiger partial charge in [0.1, 0.15) is 0 Å². The van der Waals surface area contributed by atoms with E-state index in [2.05, 4.69) is 5.32 Å². The van der Waals surface area contributed by atoms with E-state index in [-0.39, 0.29) is 18.4 Å². The first-order chi connectivity index (χ1) is 10.1. The number of amides is 1. The number of fused-ring (bicyclic) bond motifs is 1. The van der Waals surface area contributed by atoms with E-state index in [1.807, 2.05) is 55.9 Å². The van der Waals surface area contributed by atoms with Gasteiger partial charge in [0.25, 0.3) is 0 Å². The van der Waals surface area contributed by atoms with Crippen LogP contribution in [0.5, 0.6) is 0 Å². The molecular formula is C17H24N2O2. The molecule has 2 rings (SSSR count). The minimum absolute atomic E-state index is 0.0271. The topological polar surface area (TPSA) is 54.3 Å². The van der Waals surface area contributed by atoms with Gasteiger partial charge in [-0.3, -0.25) is 4.79 Å². The number of para-hydroxylation sites is 1. The molecular weight excluding hydrogens is 264 g/mol. The number of rotatable bonds is 6. The number of hydrogen-bond acceptors (Lipinski definition) is 2. The van der Waals surface area contributed by atoms with Crippen LogP contribution in [0, 0.1) is 5.92 Å². The Morgan fingerprint density at radius 2 is 1.95 bits per heavy atom. The normalized spacial score (nSPS) is 12.8. The number of aryl methyl sites for hydroxylation is 1. The van der Waals surface area contributed by atoms with Crippen molar-refractivity contribution < 1.29 is 9.90 Å². The Labute approximate surface area is 125 Å². The van der Waals surface area contributed by atoms with E-state index in [9.17, 15) is 9.90 Å². The monoisotopic (exact) mass is 288 g/mol. The van der Waals surface area contributed by atoms with Crippen LogP contribution < -0.4 is 5.32 Å². The number of aromatic nitrogens is 1. The summed E-state index contributed by atoms with van der Waals surface area (Å²) in [5, 5.41) is 14.3. The van der Waals surface area contributed by atoms with Crippen molar-refractivity contribution in [3.8, 4) is 0 Å². The highest BCUT2D eigenvalue weighted by molar-refractivity contribution is 5.84. The Morgan fingerprint density at radius 1 is 1.29 bits per heavy atom. The summed E-state index contributed by atoms with van der Waals surface area (Å²) in [6.07, 6.45) is 2.90. The fraction of sp³-hybridized carbons (Fsp3) is 0.471. The zero-order chi connectivity index (χ0) is 15.4. The number of nitrogens with zero attached hydrogens (tertiary/aromatic N) is 1. The largest absolute Gasteiger partial charge is 0.386 e. The van der Waals surface area contributed by atoms with Gasteiger partial charge in [0.15, 0.2) is 0 Å². The van der Waals surface area contributed by atoms with Crippen LogP contribution in [-0.2, 0) is 11.8 Å². The molecule has 4 nitrogen and oxygen atoms in total. The maximum absolute atomic E-state index is 12.0. The van der Waals surface area contributed by atoms with Crippen LogP contribution in [0.25, 0.3) is 10.9 Å². The standard InChI is InChI=1S/C17H24N2O2/c1-4-12(5-2)17(21)18-10-16(20)14-11-19(3)15-9-7-6-8-13(14)15/h6-9,11-12,16,20H,4-5,10H2,1-3H3,(H,18,21). The number of benzene rings is 1. The van der Waals surface area contributed by atoms with E-state index in [0.29, 0.717) is 0 Å². The van der Waals surface area contributed by atoms with Gasteiger partial charge in [0, 0.05) is 42.2 Å². The molecule has 1 heterocycles. The van der Waals surface area contributed by atoms with Crippen molar-refractivity contribution in [2.45, 2.75) is 32.8 Å². The van der Waals surface area contributed by atoms with E-state index < -0.39 is 6.10 Å². The molecule has 0 saturated carbocycles. The molecule has 114 valence electrons. The average Bonchev–Trinajstić information content (AvgIpc) is 2.84. The number of nitrogens with one attached hydrogen (secondary N) is 1. The third-order valence-corrected chi connectivity index (χ3v) is 4.11. The Balaban J connectivity index is 2.09. The summed E-state index contributed by atoms with van der Waals surface area (Å²) in [6, 6.07) is 7.96. The van der Waals surface area contributed by atoms with Crippen LogP contribution in [0.2, 0.25) is 0 Å². The van der Waals surface area contributed by atoms with Crippen molar-refractivity contribution in [3.63, 3.8) is 0 Å². The molecule has 0 radical (unpaired) electrons. The van der Waals surface area contributed by atoms with Crippen molar-refractivity contribution in [2.75, 3.05) is 6.54 Å². The molecule has 1 aromatic carbocycles. The summed E-state index contributed by atoms with van der Waals surface area (Å²) >= 11 is 0. The number of aliphatic hydroxyl groups excluding tert-OH is 1. The maximum Gasteiger partial charge on any atom is 0.223 e. The van der Waals surface area contributed by atoms with Crippen molar-refractivity contribution in [1.82, 2.24) is 9.88 Å². The molecule has 1 aromatic heterocycles. The van der Waals surface area contributed by atoms with Gasteiger partial charge < -0.3 is 15.0 Å². The third-order valence-electron chi connectivity index (χ3n) is 4.11. The first-order valence-corrected chi connectivity index (χ1v) is 7.58. The van der Waals surface area contributed by atoms with Gasteiger partial charge in [-0.15, -0.1) is 0 Å². The first kappa shape index (κ1) is 15.6. The Morgan fingerprint density at radius 3 is 2.62 bits per heavy atom. The molecule has 1 atom stereocenters. The number of carbonyl (C=O) groups is 1. The SMILES string of the molecule is CCC(CC)C(=O)NCC(O)c1cn(C)c2ccccc12. The lowest BCUT2D eigenvalue weighted by atomic mass is 10.0. The predicted molar refractivity (Wildman–Crippen MR) is 85.0 cm³/mol. The van der Waals surface area contributed by atoms with Crippen LogP contribution in [0.1, 0.15) is 38.4 Å². The zero-order valence-corrected chi connectivity index (χ0v) is 13.0. The average molecular weight is 288 g/mol. The Kier molecular flexibility index (Phi) is 5.02. The molecule has 0 fully saturated rings. The van der Waals surface area contributed by atoms with Crippen LogP contribution in [0.15, 0.2) is 30.5 Å².